The number of hydrogen-bond acceptors (Lipinski definition) is 3. The van der Waals surface area contributed by atoms with Crippen LogP contribution in [-0.2, 0) is 9.59 Å². The zero-order valence-electron chi connectivity index (χ0n) is 14.5. The van der Waals surface area contributed by atoms with E-state index in [1.165, 1.54) is 0 Å². The largest absolute Gasteiger partial charge is 0.490 e. The van der Waals surface area contributed by atoms with Crippen LogP contribution < -0.4 is 4.74 Å². The summed E-state index contributed by atoms with van der Waals surface area (Å²) in [4.78, 5) is 23.1. The first kappa shape index (κ1) is 19.5. The van der Waals surface area contributed by atoms with Crippen molar-refractivity contribution in [1.82, 2.24) is 0 Å². The van der Waals surface area contributed by atoms with Crippen molar-refractivity contribution in [1.29, 1.82) is 0 Å². The van der Waals surface area contributed by atoms with Crippen molar-refractivity contribution >= 4 is 17.5 Å². The van der Waals surface area contributed by atoms with E-state index in [9.17, 15) is 19.8 Å². The lowest BCUT2D eigenvalue weighted by Crippen LogP contribution is -2.12. The lowest BCUT2D eigenvalue weighted by Gasteiger charge is -2.12. The number of ether oxygens (including phenoxy) is 1. The first-order chi connectivity index (χ1) is 11.2. The minimum Gasteiger partial charge on any atom is -0.490 e. The Labute approximate surface area is 142 Å². The summed E-state index contributed by atoms with van der Waals surface area (Å²) < 4.78 is 5.53. The van der Waals surface area contributed by atoms with Crippen molar-refractivity contribution < 1.29 is 24.5 Å². The van der Waals surface area contributed by atoms with E-state index in [0.717, 1.165) is 5.57 Å². The predicted molar refractivity (Wildman–Crippen MR) is 93.0 cm³/mol. The average Bonchev–Trinajstić information content (AvgIpc) is 2.47. The van der Waals surface area contributed by atoms with Crippen molar-refractivity contribution in [2.45, 2.75) is 34.1 Å². The summed E-state index contributed by atoms with van der Waals surface area (Å²) in [5.74, 6) is -1.81. The Hall–Kier alpha value is -2.56. The van der Waals surface area contributed by atoms with Crippen molar-refractivity contribution in [3.8, 4) is 5.75 Å². The van der Waals surface area contributed by atoms with E-state index in [0.29, 0.717) is 17.9 Å². The molecule has 130 valence electrons. The molecule has 1 aromatic rings. The van der Waals surface area contributed by atoms with E-state index in [-0.39, 0.29) is 23.5 Å². The van der Waals surface area contributed by atoms with Gasteiger partial charge in [-0.1, -0.05) is 31.6 Å². The van der Waals surface area contributed by atoms with Gasteiger partial charge in [-0.05, 0) is 50.0 Å². The van der Waals surface area contributed by atoms with E-state index in [1.807, 2.05) is 33.8 Å². The van der Waals surface area contributed by atoms with Crippen LogP contribution in [0.4, 0.5) is 0 Å². The highest BCUT2D eigenvalue weighted by Gasteiger charge is 2.22. The van der Waals surface area contributed by atoms with Crippen LogP contribution >= 0.6 is 0 Å². The summed E-state index contributed by atoms with van der Waals surface area (Å²) in [5.41, 5.74) is 1.24. The Morgan fingerprint density at radius 3 is 2.08 bits per heavy atom. The van der Waals surface area contributed by atoms with Gasteiger partial charge in [0.1, 0.15) is 12.4 Å². The maximum Gasteiger partial charge on any atom is 0.336 e. The molecule has 0 amide bonds. The third-order valence-electron chi connectivity index (χ3n) is 3.27. The van der Waals surface area contributed by atoms with Gasteiger partial charge in [-0.3, -0.25) is 0 Å². The maximum atomic E-state index is 11.6. The van der Waals surface area contributed by atoms with Crippen molar-refractivity contribution in [3.05, 3.63) is 47.1 Å². The molecule has 0 saturated carbocycles. The second kappa shape index (κ2) is 8.91. The molecule has 0 spiro atoms. The molecule has 1 aromatic carbocycles. The number of aliphatic carboxylic acids is 2. The first-order valence-electron chi connectivity index (χ1n) is 7.78. The topological polar surface area (TPSA) is 83.8 Å². The summed E-state index contributed by atoms with van der Waals surface area (Å²) in [6.45, 7) is 8.07. The van der Waals surface area contributed by atoms with Gasteiger partial charge in [0, 0.05) is 0 Å². The molecule has 0 aliphatic heterocycles. The van der Waals surface area contributed by atoms with E-state index in [1.54, 1.807) is 24.3 Å². The lowest BCUT2D eigenvalue weighted by molar-refractivity contribution is -0.134. The fraction of sp³-hybridized carbons (Fsp3) is 0.368. The summed E-state index contributed by atoms with van der Waals surface area (Å²) in [6.07, 6.45) is 2.12. The van der Waals surface area contributed by atoms with Gasteiger partial charge in [0.2, 0.25) is 0 Å². The minimum atomic E-state index is -1.24. The zero-order chi connectivity index (χ0) is 18.3. The molecule has 2 N–H and O–H groups in total. The summed E-state index contributed by atoms with van der Waals surface area (Å²) in [7, 11) is 0. The van der Waals surface area contributed by atoms with Gasteiger partial charge in [0.15, 0.2) is 0 Å². The highest BCUT2D eigenvalue weighted by Crippen LogP contribution is 2.26. The number of rotatable bonds is 8. The summed E-state index contributed by atoms with van der Waals surface area (Å²) in [5, 5.41) is 18.8. The van der Waals surface area contributed by atoms with Crippen molar-refractivity contribution in [2.75, 3.05) is 6.61 Å². The minimum absolute atomic E-state index is 0.0390. The molecule has 1 rings (SSSR count). The van der Waals surface area contributed by atoms with E-state index < -0.39 is 11.9 Å². The SMILES string of the molecule is CC(C)=CCOc1ccc(/C(C(=O)O)=C(\CC(C)C)C(=O)O)cc1. The molecule has 0 radical (unpaired) electrons. The molecule has 0 bridgehead atoms. The van der Waals surface area contributed by atoms with Gasteiger partial charge < -0.3 is 14.9 Å². The van der Waals surface area contributed by atoms with Crippen LogP contribution in [0.1, 0.15) is 39.7 Å². The van der Waals surface area contributed by atoms with E-state index in [4.69, 9.17) is 4.74 Å². The highest BCUT2D eigenvalue weighted by molar-refractivity contribution is 6.21. The number of carboxylic acid groups (broad SMARTS) is 2. The first-order valence-corrected chi connectivity index (χ1v) is 7.78. The standard InChI is InChI=1S/C19H24O5/c1-12(2)9-10-24-15-7-5-14(6-8-15)17(19(22)23)16(18(20)21)11-13(3)4/h5-9,13H,10-11H2,1-4H3,(H,20,21)(H,22,23)/b17-16-. The van der Waals surface area contributed by atoms with Gasteiger partial charge in [-0.2, -0.15) is 0 Å². The van der Waals surface area contributed by atoms with E-state index in [2.05, 4.69) is 0 Å². The summed E-state index contributed by atoms with van der Waals surface area (Å²) in [6, 6.07) is 6.44. The molecule has 0 atom stereocenters. The Morgan fingerprint density at radius 1 is 1.08 bits per heavy atom. The second-order valence-corrected chi connectivity index (χ2v) is 6.18. The molecular weight excluding hydrogens is 308 g/mol. The Kier molecular flexibility index (Phi) is 7.24. The molecule has 0 saturated heterocycles. The number of benzene rings is 1. The van der Waals surface area contributed by atoms with Crippen LogP contribution in [0.3, 0.4) is 0 Å². The van der Waals surface area contributed by atoms with Gasteiger partial charge >= 0.3 is 11.9 Å². The van der Waals surface area contributed by atoms with Gasteiger partial charge in [0.05, 0.1) is 11.1 Å². The number of hydrogen-bond donors (Lipinski definition) is 2. The second-order valence-electron chi connectivity index (χ2n) is 6.18. The third-order valence-corrected chi connectivity index (χ3v) is 3.27. The van der Waals surface area contributed by atoms with E-state index >= 15 is 0 Å². The fourth-order valence-corrected chi connectivity index (χ4v) is 2.15. The molecule has 5 nitrogen and oxygen atoms in total. The molecule has 24 heavy (non-hydrogen) atoms. The molecule has 0 heterocycles. The molecule has 0 fully saturated rings. The van der Waals surface area contributed by atoms with Crippen LogP contribution in [0.15, 0.2) is 41.5 Å². The van der Waals surface area contributed by atoms with Crippen LogP contribution in [-0.4, -0.2) is 28.8 Å². The Bertz CT molecular complexity index is 647. The third kappa shape index (κ3) is 5.91. The number of allylic oxidation sites excluding steroid dienone is 1. The quantitative estimate of drug-likeness (QED) is 0.555. The van der Waals surface area contributed by atoms with Crippen molar-refractivity contribution in [3.63, 3.8) is 0 Å². The molecule has 5 heteroatoms. The lowest BCUT2D eigenvalue weighted by atomic mass is 9.93. The monoisotopic (exact) mass is 332 g/mol. The zero-order valence-corrected chi connectivity index (χ0v) is 14.5. The Balaban J connectivity index is 3.15. The van der Waals surface area contributed by atoms with Crippen LogP contribution in [0.2, 0.25) is 0 Å². The smallest absolute Gasteiger partial charge is 0.336 e. The fourth-order valence-electron chi connectivity index (χ4n) is 2.15. The predicted octanol–water partition coefficient (Wildman–Crippen LogP) is 4.00. The number of carboxylic acids is 2. The van der Waals surface area contributed by atoms with Crippen LogP contribution in [0.5, 0.6) is 5.75 Å². The van der Waals surface area contributed by atoms with Gasteiger partial charge in [0.25, 0.3) is 0 Å². The molecule has 0 unspecified atom stereocenters. The normalized spacial score (nSPS) is 11.7. The highest BCUT2D eigenvalue weighted by atomic mass is 16.5. The Morgan fingerprint density at radius 2 is 1.67 bits per heavy atom. The number of carbonyl (C=O) groups is 2. The average molecular weight is 332 g/mol. The van der Waals surface area contributed by atoms with Crippen molar-refractivity contribution in [2.24, 2.45) is 5.92 Å². The summed E-state index contributed by atoms with van der Waals surface area (Å²) >= 11 is 0. The van der Waals surface area contributed by atoms with Crippen LogP contribution in [0.25, 0.3) is 5.57 Å². The molecule has 0 aliphatic rings. The molecular formula is C19H24O5. The van der Waals surface area contributed by atoms with Gasteiger partial charge in [-0.15, -0.1) is 0 Å². The maximum absolute atomic E-state index is 11.6. The van der Waals surface area contributed by atoms with Gasteiger partial charge in [-0.25, -0.2) is 9.59 Å². The molecule has 0 aromatic heterocycles. The van der Waals surface area contributed by atoms with Crippen LogP contribution in [0, 0.1) is 5.92 Å². The molecule has 0 aliphatic carbocycles.